The molecule has 1 nitrogen and oxygen atoms in total. The Morgan fingerprint density at radius 2 is 2.20 bits per heavy atom. The minimum atomic E-state index is 1.08. The van der Waals surface area contributed by atoms with Gasteiger partial charge in [0.25, 0.3) is 0 Å². The molecule has 2 aromatic heterocycles. The van der Waals surface area contributed by atoms with Crippen molar-refractivity contribution >= 4 is 34.4 Å². The van der Waals surface area contributed by atoms with E-state index in [0.29, 0.717) is 0 Å². The van der Waals surface area contributed by atoms with Gasteiger partial charge in [0.2, 0.25) is 0 Å². The van der Waals surface area contributed by atoms with Gasteiger partial charge in [-0.05, 0) is 19.1 Å². The van der Waals surface area contributed by atoms with E-state index in [1.54, 1.807) is 11.3 Å². The van der Waals surface area contributed by atoms with E-state index in [-0.39, 0.29) is 0 Å². The maximum absolute atomic E-state index is 4.59. The van der Waals surface area contributed by atoms with Gasteiger partial charge in [-0.2, -0.15) is 0 Å². The number of fused-ring (bicyclic) bond motifs is 3. The summed E-state index contributed by atoms with van der Waals surface area (Å²) in [6, 6.07) is 0. The van der Waals surface area contributed by atoms with Crippen LogP contribution in [0.3, 0.4) is 0 Å². The van der Waals surface area contributed by atoms with Crippen molar-refractivity contribution in [2.24, 2.45) is 0 Å². The number of pyridine rings is 1. The van der Waals surface area contributed by atoms with E-state index >= 15 is 0 Å². The van der Waals surface area contributed by atoms with Crippen molar-refractivity contribution in [2.45, 2.75) is 6.92 Å². The highest BCUT2D eigenvalue weighted by molar-refractivity contribution is 7.09. The summed E-state index contributed by atoms with van der Waals surface area (Å²) in [6.45, 7) is 2.06. The quantitative estimate of drug-likeness (QED) is 0.604. The Hall–Kier alpha value is -1.63. The number of hydrogen-bond donors (Lipinski definition) is 0. The van der Waals surface area contributed by atoms with Crippen LogP contribution < -0.4 is 0 Å². The van der Waals surface area contributed by atoms with Crippen molar-refractivity contribution in [1.82, 2.24) is 4.98 Å². The van der Waals surface area contributed by atoms with E-state index in [0.717, 1.165) is 11.2 Å². The van der Waals surface area contributed by atoms with E-state index in [2.05, 4.69) is 34.5 Å². The molecular weight excluding hydrogens is 202 g/mol. The van der Waals surface area contributed by atoms with E-state index in [1.165, 1.54) is 16.5 Å². The van der Waals surface area contributed by atoms with Crippen molar-refractivity contribution < 1.29 is 0 Å². The summed E-state index contributed by atoms with van der Waals surface area (Å²) >= 11 is 1.70. The molecule has 0 spiro atoms. The van der Waals surface area contributed by atoms with E-state index in [4.69, 9.17) is 0 Å². The van der Waals surface area contributed by atoms with Gasteiger partial charge in [0.15, 0.2) is 0 Å². The van der Waals surface area contributed by atoms with Crippen LogP contribution in [0.1, 0.15) is 16.8 Å². The lowest BCUT2D eigenvalue weighted by Crippen LogP contribution is -1.91. The molecule has 0 saturated carbocycles. The van der Waals surface area contributed by atoms with Gasteiger partial charge in [-0.1, -0.05) is 12.2 Å². The van der Waals surface area contributed by atoms with Crippen LogP contribution >= 0.6 is 11.3 Å². The van der Waals surface area contributed by atoms with Crippen LogP contribution in [-0.4, -0.2) is 4.98 Å². The normalized spacial score (nSPS) is 13.1. The predicted octanol–water partition coefficient (Wildman–Crippen LogP) is 3.80. The van der Waals surface area contributed by atoms with Crippen LogP contribution in [0.5, 0.6) is 0 Å². The van der Waals surface area contributed by atoms with Crippen molar-refractivity contribution in [3.05, 3.63) is 45.5 Å². The Labute approximate surface area is 92.1 Å². The Kier molecular flexibility index (Phi) is 1.84. The second kappa shape index (κ2) is 3.20. The number of allylic oxidation sites excluding steroid dienone is 2. The Morgan fingerprint density at radius 1 is 1.27 bits per heavy atom. The molecule has 3 rings (SSSR count). The zero-order valence-corrected chi connectivity index (χ0v) is 9.14. The third-order valence-electron chi connectivity index (χ3n) is 2.58. The topological polar surface area (TPSA) is 12.9 Å². The molecule has 2 aromatic rings. The second-order valence-corrected chi connectivity index (χ2v) is 4.28. The lowest BCUT2D eigenvalue weighted by Gasteiger charge is -2.05. The summed E-state index contributed by atoms with van der Waals surface area (Å²) in [5, 5.41) is 5.47. The molecular formula is C13H9NS. The van der Waals surface area contributed by atoms with Crippen LogP contribution in [0.4, 0.5) is 0 Å². The molecule has 2 heteroatoms. The smallest absolute Gasteiger partial charge is 0.0818 e. The predicted molar refractivity (Wildman–Crippen MR) is 65.9 cm³/mol. The first kappa shape index (κ1) is 8.66. The van der Waals surface area contributed by atoms with Crippen molar-refractivity contribution in [1.29, 1.82) is 0 Å². The van der Waals surface area contributed by atoms with Crippen LogP contribution in [0, 0.1) is 6.92 Å². The number of aromatic nitrogens is 1. The zero-order valence-electron chi connectivity index (χ0n) is 8.32. The molecule has 1 aliphatic carbocycles. The molecule has 72 valence electrons. The lowest BCUT2D eigenvalue weighted by atomic mass is 10.0. The van der Waals surface area contributed by atoms with Gasteiger partial charge in [0.1, 0.15) is 0 Å². The third-order valence-corrected chi connectivity index (χ3v) is 3.31. The van der Waals surface area contributed by atoms with Crippen molar-refractivity contribution in [2.75, 3.05) is 0 Å². The maximum atomic E-state index is 4.59. The molecule has 0 atom stereocenters. The number of nitrogens with zero attached hydrogens (tertiary/aromatic N) is 1. The van der Waals surface area contributed by atoms with Gasteiger partial charge in [-0.3, -0.25) is 4.98 Å². The number of rotatable bonds is 0. The molecule has 15 heavy (non-hydrogen) atoms. The first-order valence-corrected chi connectivity index (χ1v) is 5.76. The molecule has 0 fully saturated rings. The lowest BCUT2D eigenvalue weighted by molar-refractivity contribution is 1.24. The highest BCUT2D eigenvalue weighted by Crippen LogP contribution is 2.28. The summed E-state index contributed by atoms with van der Waals surface area (Å²) in [7, 11) is 0. The van der Waals surface area contributed by atoms with Crippen LogP contribution in [-0.2, 0) is 0 Å². The van der Waals surface area contributed by atoms with Gasteiger partial charge < -0.3 is 0 Å². The summed E-state index contributed by atoms with van der Waals surface area (Å²) in [5.41, 5.74) is 7.77. The fourth-order valence-electron chi connectivity index (χ4n) is 1.86. The van der Waals surface area contributed by atoms with Gasteiger partial charge >= 0.3 is 0 Å². The molecule has 1 aliphatic rings. The Morgan fingerprint density at radius 3 is 3.13 bits per heavy atom. The average molecular weight is 211 g/mol. The number of hydrogen-bond acceptors (Lipinski definition) is 2. The summed E-state index contributed by atoms with van der Waals surface area (Å²) in [6.07, 6.45) is 8.08. The second-order valence-electron chi connectivity index (χ2n) is 3.53. The summed E-state index contributed by atoms with van der Waals surface area (Å²) < 4.78 is 0. The zero-order chi connectivity index (χ0) is 10.3. The van der Waals surface area contributed by atoms with Crippen LogP contribution in [0.2, 0.25) is 0 Å². The monoisotopic (exact) mass is 211 g/mol. The highest BCUT2D eigenvalue weighted by atomic mass is 32.1. The minimum Gasteiger partial charge on any atom is -0.252 e. The van der Waals surface area contributed by atoms with Crippen molar-refractivity contribution in [3.8, 4) is 0 Å². The fraction of sp³-hybridized carbons (Fsp3) is 0.0769. The molecule has 0 aromatic carbocycles. The molecule has 0 N–H and O–H groups in total. The van der Waals surface area contributed by atoms with E-state index < -0.39 is 0 Å². The number of thiophene rings is 1. The SMILES string of the molecule is Cc1nc2cscc2c2c1C=CC=C=C2. The molecule has 0 radical (unpaired) electrons. The van der Waals surface area contributed by atoms with E-state index in [9.17, 15) is 0 Å². The minimum absolute atomic E-state index is 1.08. The molecule has 2 heterocycles. The summed E-state index contributed by atoms with van der Waals surface area (Å²) in [4.78, 5) is 4.59. The third kappa shape index (κ3) is 1.27. The molecule has 0 unspecified atom stereocenters. The first-order valence-electron chi connectivity index (χ1n) is 4.82. The van der Waals surface area contributed by atoms with Gasteiger partial charge in [0.05, 0.1) is 5.52 Å². The van der Waals surface area contributed by atoms with Gasteiger partial charge in [-0.25, -0.2) is 0 Å². The molecule has 0 saturated heterocycles. The largest absolute Gasteiger partial charge is 0.252 e. The maximum Gasteiger partial charge on any atom is 0.0818 e. The van der Waals surface area contributed by atoms with Crippen molar-refractivity contribution in [3.63, 3.8) is 0 Å². The Bertz CT molecular complexity index is 625. The molecule has 0 bridgehead atoms. The first-order chi connectivity index (χ1) is 7.36. The van der Waals surface area contributed by atoms with Crippen LogP contribution in [0.25, 0.3) is 23.1 Å². The Balaban J connectivity index is 2.52. The average Bonchev–Trinajstić information content (AvgIpc) is 2.54. The van der Waals surface area contributed by atoms with E-state index in [1.807, 2.05) is 18.2 Å². The fourth-order valence-corrected chi connectivity index (χ4v) is 2.62. The molecule has 0 aliphatic heterocycles. The van der Waals surface area contributed by atoms with Gasteiger partial charge in [0, 0.05) is 33.0 Å². The van der Waals surface area contributed by atoms with Crippen LogP contribution in [0.15, 0.2) is 28.6 Å². The van der Waals surface area contributed by atoms with Gasteiger partial charge in [-0.15, -0.1) is 17.1 Å². The summed E-state index contributed by atoms with van der Waals surface area (Å²) in [5.74, 6) is 0. The molecule has 0 amide bonds. The highest BCUT2D eigenvalue weighted by Gasteiger charge is 2.09. The number of aryl methyl sites for hydroxylation is 1. The standard InChI is InChI=1S/C13H9NS/c1-9-10-5-3-2-4-6-11(10)12-7-15-8-13(12)14-9/h2-3,5-8H,1H3.